The number of carbonyl (C=O) groups excluding carboxylic acids is 1. The lowest BCUT2D eigenvalue weighted by molar-refractivity contribution is -0.151. The van der Waals surface area contributed by atoms with E-state index in [9.17, 15) is 4.79 Å². The third-order valence-corrected chi connectivity index (χ3v) is 3.40. The van der Waals surface area contributed by atoms with E-state index in [4.69, 9.17) is 9.47 Å². The fourth-order valence-corrected chi connectivity index (χ4v) is 2.08. The second-order valence-corrected chi connectivity index (χ2v) is 4.86. The Kier molecular flexibility index (Phi) is 4.99. The highest BCUT2D eigenvalue weighted by Crippen LogP contribution is 2.27. The number of hydrogen-bond acceptors (Lipinski definition) is 3. The Morgan fingerprint density at radius 3 is 2.43 bits per heavy atom. The minimum atomic E-state index is -0.744. The third-order valence-electron chi connectivity index (χ3n) is 3.40. The summed E-state index contributed by atoms with van der Waals surface area (Å²) in [7, 11) is 0. The minimum absolute atomic E-state index is 0.332. The van der Waals surface area contributed by atoms with Gasteiger partial charge in [0, 0.05) is 5.56 Å². The number of esters is 1. The van der Waals surface area contributed by atoms with E-state index in [0.717, 1.165) is 16.7 Å². The van der Waals surface area contributed by atoms with Gasteiger partial charge in [-0.05, 0) is 38.0 Å². The van der Waals surface area contributed by atoms with Crippen molar-refractivity contribution < 1.29 is 14.3 Å². The minimum Gasteiger partial charge on any atom is -0.474 e. The molecule has 0 fully saturated rings. The van der Waals surface area contributed by atoms with Gasteiger partial charge in [-0.3, -0.25) is 0 Å². The molecule has 2 rings (SSSR count). The molecule has 2 aromatic carbocycles. The summed E-state index contributed by atoms with van der Waals surface area (Å²) in [6, 6.07) is 15.2. The molecule has 0 aliphatic carbocycles. The zero-order chi connectivity index (χ0) is 15.2. The lowest BCUT2D eigenvalue weighted by Gasteiger charge is -2.19. The number of benzene rings is 2. The molecule has 0 saturated heterocycles. The molecule has 2 aromatic rings. The Morgan fingerprint density at radius 2 is 1.76 bits per heavy atom. The molecule has 0 radical (unpaired) electrons. The molecule has 0 bridgehead atoms. The lowest BCUT2D eigenvalue weighted by atomic mass is 10.1. The van der Waals surface area contributed by atoms with Gasteiger partial charge in [0.05, 0.1) is 6.61 Å². The van der Waals surface area contributed by atoms with Crippen molar-refractivity contribution in [2.45, 2.75) is 26.9 Å². The fourth-order valence-electron chi connectivity index (χ4n) is 2.08. The molecule has 0 heterocycles. The average Bonchev–Trinajstić information content (AvgIpc) is 2.50. The van der Waals surface area contributed by atoms with Gasteiger partial charge in [0.15, 0.2) is 0 Å². The summed E-state index contributed by atoms with van der Waals surface area (Å²) in [6.45, 7) is 6.12. The molecule has 0 aromatic heterocycles. The molecular weight excluding hydrogens is 264 g/mol. The van der Waals surface area contributed by atoms with E-state index in [-0.39, 0.29) is 5.97 Å². The standard InChI is InChI=1S/C18H20O3/c1-4-20-18(19)17(15-10-6-5-7-11-15)21-16-12-8-9-13(2)14(16)3/h5-12,17H,4H2,1-3H3. The van der Waals surface area contributed by atoms with Gasteiger partial charge in [-0.1, -0.05) is 42.5 Å². The first-order chi connectivity index (χ1) is 10.1. The zero-order valence-electron chi connectivity index (χ0n) is 12.6. The van der Waals surface area contributed by atoms with Crippen molar-refractivity contribution in [3.8, 4) is 5.75 Å². The van der Waals surface area contributed by atoms with E-state index in [1.165, 1.54) is 0 Å². The topological polar surface area (TPSA) is 35.5 Å². The normalized spacial score (nSPS) is 11.8. The van der Waals surface area contributed by atoms with Gasteiger partial charge in [-0.2, -0.15) is 0 Å². The van der Waals surface area contributed by atoms with Gasteiger partial charge in [0.1, 0.15) is 5.75 Å². The highest BCUT2D eigenvalue weighted by molar-refractivity contribution is 5.77. The summed E-state index contributed by atoms with van der Waals surface area (Å²) >= 11 is 0. The molecule has 0 N–H and O–H groups in total. The second-order valence-electron chi connectivity index (χ2n) is 4.86. The molecule has 3 nitrogen and oxygen atoms in total. The largest absolute Gasteiger partial charge is 0.474 e. The summed E-state index contributed by atoms with van der Waals surface area (Å²) < 4.78 is 11.1. The quantitative estimate of drug-likeness (QED) is 0.779. The molecule has 3 heteroatoms. The first-order valence-corrected chi connectivity index (χ1v) is 7.08. The van der Waals surface area contributed by atoms with Crippen LogP contribution >= 0.6 is 0 Å². The average molecular weight is 284 g/mol. The van der Waals surface area contributed by atoms with Gasteiger partial charge in [-0.15, -0.1) is 0 Å². The Balaban J connectivity index is 2.32. The van der Waals surface area contributed by atoms with E-state index >= 15 is 0 Å². The van der Waals surface area contributed by atoms with Gasteiger partial charge < -0.3 is 9.47 Å². The Labute approximate surface area is 125 Å². The molecule has 0 spiro atoms. The molecule has 21 heavy (non-hydrogen) atoms. The number of carbonyl (C=O) groups is 1. The smallest absolute Gasteiger partial charge is 0.352 e. The van der Waals surface area contributed by atoms with E-state index in [0.29, 0.717) is 12.4 Å². The molecule has 1 unspecified atom stereocenters. The van der Waals surface area contributed by atoms with Gasteiger partial charge in [0.2, 0.25) is 6.10 Å². The van der Waals surface area contributed by atoms with Gasteiger partial charge in [0.25, 0.3) is 0 Å². The lowest BCUT2D eigenvalue weighted by Crippen LogP contribution is -2.21. The van der Waals surface area contributed by atoms with Gasteiger partial charge >= 0.3 is 5.97 Å². The van der Waals surface area contributed by atoms with Crippen LogP contribution in [-0.4, -0.2) is 12.6 Å². The van der Waals surface area contributed by atoms with Crippen molar-refractivity contribution in [2.24, 2.45) is 0 Å². The van der Waals surface area contributed by atoms with E-state index in [1.54, 1.807) is 6.92 Å². The summed E-state index contributed by atoms with van der Waals surface area (Å²) in [5.41, 5.74) is 2.95. The zero-order valence-corrected chi connectivity index (χ0v) is 12.6. The fraction of sp³-hybridized carbons (Fsp3) is 0.278. The number of rotatable bonds is 5. The highest BCUT2D eigenvalue weighted by Gasteiger charge is 2.24. The maximum atomic E-state index is 12.2. The van der Waals surface area contributed by atoms with Crippen molar-refractivity contribution in [3.63, 3.8) is 0 Å². The van der Waals surface area contributed by atoms with Crippen molar-refractivity contribution in [2.75, 3.05) is 6.61 Å². The molecular formula is C18H20O3. The predicted molar refractivity (Wildman–Crippen MR) is 82.4 cm³/mol. The first kappa shape index (κ1) is 15.1. The molecule has 0 aliphatic rings. The second kappa shape index (κ2) is 6.93. The summed E-state index contributed by atoms with van der Waals surface area (Å²) in [5.74, 6) is 0.335. The number of aryl methyl sites for hydroxylation is 1. The number of hydrogen-bond donors (Lipinski definition) is 0. The van der Waals surface area contributed by atoms with Crippen LogP contribution < -0.4 is 4.74 Å². The van der Waals surface area contributed by atoms with Crippen molar-refractivity contribution in [1.29, 1.82) is 0 Å². The summed E-state index contributed by atoms with van der Waals surface area (Å²) in [4.78, 5) is 12.2. The van der Waals surface area contributed by atoms with Crippen molar-refractivity contribution in [1.82, 2.24) is 0 Å². The first-order valence-electron chi connectivity index (χ1n) is 7.08. The van der Waals surface area contributed by atoms with Crippen LogP contribution in [0.25, 0.3) is 0 Å². The Bertz CT molecular complexity index is 605. The summed E-state index contributed by atoms with van der Waals surface area (Å²) in [5, 5.41) is 0. The predicted octanol–water partition coefficient (Wildman–Crippen LogP) is 3.99. The Hall–Kier alpha value is -2.29. The molecule has 0 saturated carbocycles. The third kappa shape index (κ3) is 3.63. The summed E-state index contributed by atoms with van der Waals surface area (Å²) in [6.07, 6.45) is -0.744. The monoisotopic (exact) mass is 284 g/mol. The van der Waals surface area contributed by atoms with Crippen LogP contribution in [0, 0.1) is 13.8 Å². The number of ether oxygens (including phenoxy) is 2. The SMILES string of the molecule is CCOC(=O)C(Oc1cccc(C)c1C)c1ccccc1. The highest BCUT2D eigenvalue weighted by atomic mass is 16.6. The van der Waals surface area contributed by atoms with E-state index < -0.39 is 6.10 Å². The van der Waals surface area contributed by atoms with Crippen molar-refractivity contribution >= 4 is 5.97 Å². The molecule has 110 valence electrons. The molecule has 0 amide bonds. The molecule has 1 atom stereocenters. The molecule has 0 aliphatic heterocycles. The maximum Gasteiger partial charge on any atom is 0.352 e. The van der Waals surface area contributed by atoms with Crippen LogP contribution in [-0.2, 0) is 9.53 Å². The van der Waals surface area contributed by atoms with Crippen LogP contribution in [0.4, 0.5) is 0 Å². The van der Waals surface area contributed by atoms with Crippen molar-refractivity contribution in [3.05, 3.63) is 65.2 Å². The van der Waals surface area contributed by atoms with Crippen LogP contribution in [0.1, 0.15) is 29.7 Å². The maximum absolute atomic E-state index is 12.2. The van der Waals surface area contributed by atoms with Crippen LogP contribution in [0.15, 0.2) is 48.5 Å². The van der Waals surface area contributed by atoms with Crippen LogP contribution in [0.2, 0.25) is 0 Å². The van der Waals surface area contributed by atoms with E-state index in [1.807, 2.05) is 62.4 Å². The van der Waals surface area contributed by atoms with E-state index in [2.05, 4.69) is 0 Å². The Morgan fingerprint density at radius 1 is 1.05 bits per heavy atom. The van der Waals surface area contributed by atoms with Crippen LogP contribution in [0.5, 0.6) is 5.75 Å². The van der Waals surface area contributed by atoms with Crippen LogP contribution in [0.3, 0.4) is 0 Å². The van der Waals surface area contributed by atoms with Gasteiger partial charge in [-0.25, -0.2) is 4.79 Å².